The molecule has 1 aliphatic carbocycles. The van der Waals surface area contributed by atoms with Crippen LogP contribution in [0.3, 0.4) is 0 Å². The van der Waals surface area contributed by atoms with Gasteiger partial charge in [-0.3, -0.25) is 0 Å². The molecule has 0 saturated heterocycles. The van der Waals surface area contributed by atoms with Crippen LogP contribution in [0.5, 0.6) is 0 Å². The monoisotopic (exact) mass is 373 g/mol. The molecule has 4 heteroatoms. The molecule has 1 N–H and O–H groups in total. The Morgan fingerprint density at radius 3 is 2.42 bits per heavy atom. The minimum atomic E-state index is -1.10. The lowest BCUT2D eigenvalue weighted by molar-refractivity contribution is -0.0174. The highest BCUT2D eigenvalue weighted by Crippen LogP contribution is 2.46. The van der Waals surface area contributed by atoms with E-state index in [-0.39, 0.29) is 11.7 Å². The highest BCUT2D eigenvalue weighted by atomic mass is 35.5. The molecular weight excluding hydrogens is 349 g/mol. The summed E-state index contributed by atoms with van der Waals surface area (Å²) in [6.07, 6.45) is 4.84. The SMILES string of the molecule is CN(C)CC1CCC/C(=C/c2ccc(Cl)cc2)C1(O)c1ccc(F)cc1. The predicted molar refractivity (Wildman–Crippen MR) is 106 cm³/mol. The van der Waals surface area contributed by atoms with Gasteiger partial charge >= 0.3 is 0 Å². The van der Waals surface area contributed by atoms with Crippen molar-refractivity contribution in [3.05, 3.63) is 76.1 Å². The summed E-state index contributed by atoms with van der Waals surface area (Å²) in [5.41, 5.74) is 1.64. The van der Waals surface area contributed by atoms with Gasteiger partial charge in [-0.1, -0.05) is 41.9 Å². The number of aliphatic hydroxyl groups is 1. The third kappa shape index (κ3) is 4.01. The standard InChI is InChI=1S/C22H25ClFNO/c1-25(2)15-19-5-3-4-18(14-16-6-10-20(23)11-7-16)22(19,26)17-8-12-21(24)13-9-17/h6-14,19,26H,3-5,15H2,1-2H3/b18-14-. The maximum atomic E-state index is 13.5. The van der Waals surface area contributed by atoms with Gasteiger partial charge in [-0.05, 0) is 74.3 Å². The van der Waals surface area contributed by atoms with Gasteiger partial charge < -0.3 is 10.0 Å². The van der Waals surface area contributed by atoms with E-state index < -0.39 is 5.60 Å². The number of halogens is 2. The lowest BCUT2D eigenvalue weighted by Crippen LogP contribution is -2.44. The van der Waals surface area contributed by atoms with E-state index in [1.807, 2.05) is 38.4 Å². The van der Waals surface area contributed by atoms with Crippen molar-refractivity contribution >= 4 is 17.7 Å². The Balaban J connectivity index is 2.07. The molecule has 2 unspecified atom stereocenters. The van der Waals surface area contributed by atoms with Crippen molar-refractivity contribution < 1.29 is 9.50 Å². The van der Waals surface area contributed by atoms with Gasteiger partial charge in [0.2, 0.25) is 0 Å². The van der Waals surface area contributed by atoms with Crippen molar-refractivity contribution in [2.24, 2.45) is 5.92 Å². The molecule has 2 aromatic carbocycles. The normalized spacial score (nSPS) is 25.0. The Labute approximate surface area is 159 Å². The molecule has 0 spiro atoms. The van der Waals surface area contributed by atoms with E-state index >= 15 is 0 Å². The fourth-order valence-corrected chi connectivity index (χ4v) is 4.06. The zero-order valence-corrected chi connectivity index (χ0v) is 16.0. The third-order valence-corrected chi connectivity index (χ3v) is 5.41. The van der Waals surface area contributed by atoms with Crippen LogP contribution in [-0.2, 0) is 5.60 Å². The fourth-order valence-electron chi connectivity index (χ4n) is 3.93. The van der Waals surface area contributed by atoms with Crippen LogP contribution >= 0.6 is 11.6 Å². The Morgan fingerprint density at radius 2 is 1.81 bits per heavy atom. The van der Waals surface area contributed by atoms with E-state index in [9.17, 15) is 9.50 Å². The first-order valence-corrected chi connectivity index (χ1v) is 9.37. The largest absolute Gasteiger partial charge is 0.380 e. The van der Waals surface area contributed by atoms with Gasteiger partial charge in [0.15, 0.2) is 0 Å². The lowest BCUT2D eigenvalue weighted by Gasteiger charge is -2.44. The van der Waals surface area contributed by atoms with E-state index in [1.54, 1.807) is 12.1 Å². The summed E-state index contributed by atoms with van der Waals surface area (Å²) in [5, 5.41) is 12.6. The molecule has 1 aliphatic rings. The quantitative estimate of drug-likeness (QED) is 0.804. The van der Waals surface area contributed by atoms with Gasteiger partial charge in [-0.15, -0.1) is 0 Å². The minimum absolute atomic E-state index is 0.0512. The summed E-state index contributed by atoms with van der Waals surface area (Å²) in [6.45, 7) is 0.770. The van der Waals surface area contributed by atoms with Crippen molar-refractivity contribution in [3.63, 3.8) is 0 Å². The molecule has 1 saturated carbocycles. The number of benzene rings is 2. The summed E-state index contributed by atoms with van der Waals surface area (Å²) in [4.78, 5) is 2.10. The van der Waals surface area contributed by atoms with Crippen LogP contribution in [0.2, 0.25) is 5.02 Å². The van der Waals surface area contributed by atoms with Crippen LogP contribution in [0.15, 0.2) is 54.1 Å². The van der Waals surface area contributed by atoms with Crippen LogP contribution < -0.4 is 0 Å². The average Bonchev–Trinajstić information content (AvgIpc) is 2.60. The molecule has 1 fully saturated rings. The first-order chi connectivity index (χ1) is 12.4. The highest BCUT2D eigenvalue weighted by molar-refractivity contribution is 6.30. The number of nitrogens with zero attached hydrogens (tertiary/aromatic N) is 1. The van der Waals surface area contributed by atoms with Gasteiger partial charge in [0.05, 0.1) is 0 Å². The lowest BCUT2D eigenvalue weighted by atomic mass is 9.67. The Kier molecular flexibility index (Phi) is 5.81. The topological polar surface area (TPSA) is 23.5 Å². The molecule has 26 heavy (non-hydrogen) atoms. The molecule has 2 atom stereocenters. The molecule has 0 aromatic heterocycles. The maximum absolute atomic E-state index is 13.5. The number of rotatable bonds is 4. The van der Waals surface area contributed by atoms with Crippen molar-refractivity contribution in [2.75, 3.05) is 20.6 Å². The van der Waals surface area contributed by atoms with Gasteiger partial charge in [0.1, 0.15) is 11.4 Å². The van der Waals surface area contributed by atoms with E-state index in [2.05, 4.69) is 11.0 Å². The Hall–Kier alpha value is -1.68. The van der Waals surface area contributed by atoms with Crippen molar-refractivity contribution in [1.82, 2.24) is 4.90 Å². The number of hydrogen-bond donors (Lipinski definition) is 1. The summed E-state index contributed by atoms with van der Waals surface area (Å²) < 4.78 is 13.5. The zero-order valence-electron chi connectivity index (χ0n) is 15.3. The van der Waals surface area contributed by atoms with E-state index in [4.69, 9.17) is 11.6 Å². The molecule has 2 aromatic rings. The van der Waals surface area contributed by atoms with Crippen molar-refractivity contribution in [2.45, 2.75) is 24.9 Å². The Morgan fingerprint density at radius 1 is 1.15 bits per heavy atom. The molecular formula is C22H25ClFNO. The summed E-state index contributed by atoms with van der Waals surface area (Å²) >= 11 is 5.99. The van der Waals surface area contributed by atoms with Crippen molar-refractivity contribution in [3.8, 4) is 0 Å². The molecule has 2 nitrogen and oxygen atoms in total. The highest BCUT2D eigenvalue weighted by Gasteiger charge is 2.44. The maximum Gasteiger partial charge on any atom is 0.123 e. The Bertz CT molecular complexity index is 770. The van der Waals surface area contributed by atoms with E-state index in [1.165, 1.54) is 12.1 Å². The molecule has 138 valence electrons. The average molecular weight is 374 g/mol. The molecule has 0 amide bonds. The summed E-state index contributed by atoms with van der Waals surface area (Å²) in [6, 6.07) is 13.9. The molecule has 0 bridgehead atoms. The van der Waals surface area contributed by atoms with E-state index in [0.717, 1.165) is 42.5 Å². The van der Waals surface area contributed by atoms with Crippen LogP contribution in [0.1, 0.15) is 30.4 Å². The minimum Gasteiger partial charge on any atom is -0.380 e. The fraction of sp³-hybridized carbons (Fsp3) is 0.364. The second-order valence-electron chi connectivity index (χ2n) is 7.35. The van der Waals surface area contributed by atoms with Gasteiger partial charge in [-0.25, -0.2) is 4.39 Å². The van der Waals surface area contributed by atoms with Gasteiger partial charge in [0, 0.05) is 17.5 Å². The van der Waals surface area contributed by atoms with Crippen molar-refractivity contribution in [1.29, 1.82) is 0 Å². The summed E-state index contributed by atoms with van der Waals surface area (Å²) in [7, 11) is 4.03. The van der Waals surface area contributed by atoms with Gasteiger partial charge in [0.25, 0.3) is 0 Å². The number of hydrogen-bond acceptors (Lipinski definition) is 2. The van der Waals surface area contributed by atoms with Crippen LogP contribution in [0.25, 0.3) is 6.08 Å². The smallest absolute Gasteiger partial charge is 0.123 e. The predicted octanol–water partition coefficient (Wildman–Crippen LogP) is 5.11. The van der Waals surface area contributed by atoms with Crippen LogP contribution in [-0.4, -0.2) is 30.6 Å². The first kappa shape index (κ1) is 19.1. The van der Waals surface area contributed by atoms with Crippen LogP contribution in [0, 0.1) is 11.7 Å². The molecule has 0 aliphatic heterocycles. The van der Waals surface area contributed by atoms with Gasteiger partial charge in [-0.2, -0.15) is 0 Å². The third-order valence-electron chi connectivity index (χ3n) is 5.16. The second-order valence-corrected chi connectivity index (χ2v) is 7.78. The second kappa shape index (κ2) is 7.91. The molecule has 3 rings (SSSR count). The van der Waals surface area contributed by atoms with Crippen LogP contribution in [0.4, 0.5) is 4.39 Å². The molecule has 0 radical (unpaired) electrons. The van der Waals surface area contributed by atoms with E-state index in [0.29, 0.717) is 5.02 Å². The first-order valence-electron chi connectivity index (χ1n) is 8.99. The summed E-state index contributed by atoms with van der Waals surface area (Å²) in [5.74, 6) is -0.240. The molecule has 0 heterocycles. The zero-order chi connectivity index (χ0) is 18.7.